The average Bonchev–Trinajstić information content (AvgIpc) is 3.32. The van der Waals surface area contributed by atoms with Crippen LogP contribution >= 0.6 is 22.9 Å². The van der Waals surface area contributed by atoms with E-state index in [1.165, 1.54) is 35.6 Å². The highest BCUT2D eigenvalue weighted by molar-refractivity contribution is 7.10. The van der Waals surface area contributed by atoms with Crippen LogP contribution in [0.2, 0.25) is 5.02 Å². The zero-order valence-electron chi connectivity index (χ0n) is 15.7. The van der Waals surface area contributed by atoms with E-state index in [-0.39, 0.29) is 24.8 Å². The number of nitrogens with zero attached hydrogens (tertiary/aromatic N) is 1. The van der Waals surface area contributed by atoms with Gasteiger partial charge in [-0.1, -0.05) is 17.7 Å². The molecule has 0 aliphatic carbocycles. The van der Waals surface area contributed by atoms with Gasteiger partial charge in [0.1, 0.15) is 5.54 Å². The standard InChI is InChI=1S/C20H19ClN2O6S/c21-12-5-3-11(4-6-12)17(25)23-16(14-2-1-9-30-14)13(18(26)27)10-20(23,19(28)29)8-7-15(22)24/h1-6,9,13,16H,7-8,10H2,(H2,22,24)(H,26,27)(H,28,29). The number of rotatable bonds is 7. The minimum atomic E-state index is -1.90. The lowest BCUT2D eigenvalue weighted by atomic mass is 9.86. The predicted octanol–water partition coefficient (Wildman–Crippen LogP) is 2.78. The molecular weight excluding hydrogens is 432 g/mol. The SMILES string of the molecule is NC(=O)CCC1(C(=O)O)CC(C(=O)O)C(c2cccs2)N1C(=O)c1ccc(Cl)cc1. The number of carbonyl (C=O) groups is 4. The van der Waals surface area contributed by atoms with Crippen LogP contribution < -0.4 is 5.73 Å². The third-order valence-electron chi connectivity index (χ3n) is 5.32. The van der Waals surface area contributed by atoms with Gasteiger partial charge in [0.05, 0.1) is 12.0 Å². The number of hydrogen-bond acceptors (Lipinski definition) is 5. The number of hydrogen-bond donors (Lipinski definition) is 3. The molecule has 3 atom stereocenters. The van der Waals surface area contributed by atoms with Gasteiger partial charge in [-0.25, -0.2) is 4.79 Å². The Balaban J connectivity index is 2.19. The summed E-state index contributed by atoms with van der Waals surface area (Å²) in [7, 11) is 0. The summed E-state index contributed by atoms with van der Waals surface area (Å²) in [6.07, 6.45) is -0.935. The Kier molecular flexibility index (Phi) is 6.14. The van der Waals surface area contributed by atoms with Gasteiger partial charge in [-0.2, -0.15) is 0 Å². The second-order valence-electron chi connectivity index (χ2n) is 7.09. The lowest BCUT2D eigenvalue weighted by Crippen LogP contribution is -2.54. The number of likely N-dealkylation sites (tertiary alicyclic amines) is 1. The monoisotopic (exact) mass is 450 g/mol. The largest absolute Gasteiger partial charge is 0.481 e. The summed E-state index contributed by atoms with van der Waals surface area (Å²) in [5, 5.41) is 22.1. The van der Waals surface area contributed by atoms with E-state index < -0.39 is 41.3 Å². The van der Waals surface area contributed by atoms with E-state index in [4.69, 9.17) is 17.3 Å². The van der Waals surface area contributed by atoms with Crippen molar-refractivity contribution in [3.63, 3.8) is 0 Å². The number of carbonyl (C=O) groups excluding carboxylic acids is 2. The van der Waals surface area contributed by atoms with E-state index in [0.717, 1.165) is 4.90 Å². The van der Waals surface area contributed by atoms with Crippen molar-refractivity contribution in [2.75, 3.05) is 0 Å². The Bertz CT molecular complexity index is 978. The number of halogens is 1. The molecule has 1 saturated heterocycles. The van der Waals surface area contributed by atoms with Crippen LogP contribution in [-0.4, -0.2) is 44.4 Å². The van der Waals surface area contributed by atoms with Crippen LogP contribution in [0.15, 0.2) is 41.8 Å². The quantitative estimate of drug-likeness (QED) is 0.592. The molecule has 3 unspecified atom stereocenters. The Labute approximate surface area is 180 Å². The van der Waals surface area contributed by atoms with Crippen LogP contribution in [0.4, 0.5) is 0 Å². The van der Waals surface area contributed by atoms with Crippen molar-refractivity contribution in [2.45, 2.75) is 30.8 Å². The molecule has 3 rings (SSSR count). The maximum Gasteiger partial charge on any atom is 0.329 e. The number of carboxylic acids is 2. The van der Waals surface area contributed by atoms with Crippen molar-refractivity contribution >= 4 is 46.7 Å². The van der Waals surface area contributed by atoms with E-state index in [1.54, 1.807) is 17.5 Å². The third kappa shape index (κ3) is 3.90. The first-order valence-electron chi connectivity index (χ1n) is 9.04. The fourth-order valence-electron chi connectivity index (χ4n) is 3.93. The molecule has 1 aliphatic heterocycles. The first-order chi connectivity index (χ1) is 14.2. The lowest BCUT2D eigenvalue weighted by Gasteiger charge is -2.38. The molecule has 10 heteroatoms. The molecule has 0 bridgehead atoms. The van der Waals surface area contributed by atoms with E-state index >= 15 is 0 Å². The fourth-order valence-corrected chi connectivity index (χ4v) is 4.94. The van der Waals surface area contributed by atoms with E-state index in [9.17, 15) is 29.4 Å². The Morgan fingerprint density at radius 1 is 1.17 bits per heavy atom. The smallest absolute Gasteiger partial charge is 0.329 e. The maximum atomic E-state index is 13.5. The van der Waals surface area contributed by atoms with E-state index in [1.807, 2.05) is 0 Å². The van der Waals surface area contributed by atoms with Crippen LogP contribution in [0.1, 0.15) is 40.5 Å². The average molecular weight is 451 g/mol. The molecule has 2 amide bonds. The Morgan fingerprint density at radius 3 is 2.33 bits per heavy atom. The minimum Gasteiger partial charge on any atom is -0.481 e. The van der Waals surface area contributed by atoms with Crippen LogP contribution in [0, 0.1) is 5.92 Å². The zero-order valence-corrected chi connectivity index (χ0v) is 17.2. The van der Waals surface area contributed by atoms with Crippen molar-refractivity contribution in [3.05, 3.63) is 57.2 Å². The van der Waals surface area contributed by atoms with Gasteiger partial charge in [-0.3, -0.25) is 14.4 Å². The Hall–Kier alpha value is -2.91. The van der Waals surface area contributed by atoms with E-state index in [2.05, 4.69) is 0 Å². The predicted molar refractivity (Wildman–Crippen MR) is 109 cm³/mol. The molecule has 2 heterocycles. The number of nitrogens with two attached hydrogens (primary N) is 1. The molecule has 2 aromatic rings. The molecule has 30 heavy (non-hydrogen) atoms. The van der Waals surface area contributed by atoms with Gasteiger partial charge >= 0.3 is 11.9 Å². The van der Waals surface area contributed by atoms with Crippen molar-refractivity contribution in [2.24, 2.45) is 11.7 Å². The first-order valence-corrected chi connectivity index (χ1v) is 10.3. The molecule has 8 nitrogen and oxygen atoms in total. The van der Waals surface area contributed by atoms with Gasteiger partial charge in [0.15, 0.2) is 0 Å². The molecule has 1 aromatic heterocycles. The van der Waals surface area contributed by atoms with Crippen molar-refractivity contribution in [1.29, 1.82) is 0 Å². The summed E-state index contributed by atoms with van der Waals surface area (Å²) < 4.78 is 0. The molecular formula is C20H19ClN2O6S. The summed E-state index contributed by atoms with van der Waals surface area (Å²) in [5.41, 5.74) is 3.50. The summed E-state index contributed by atoms with van der Waals surface area (Å²) >= 11 is 7.13. The number of thiophene rings is 1. The summed E-state index contributed by atoms with van der Waals surface area (Å²) in [6.45, 7) is 0. The van der Waals surface area contributed by atoms with Gasteiger partial charge < -0.3 is 20.8 Å². The molecule has 1 aliphatic rings. The lowest BCUT2D eigenvalue weighted by molar-refractivity contribution is -0.149. The molecule has 4 N–H and O–H groups in total. The zero-order chi connectivity index (χ0) is 22.1. The molecule has 1 aromatic carbocycles. The van der Waals surface area contributed by atoms with E-state index in [0.29, 0.717) is 9.90 Å². The van der Waals surface area contributed by atoms with Gasteiger partial charge in [0.2, 0.25) is 5.91 Å². The number of primary amides is 1. The van der Waals surface area contributed by atoms with Gasteiger partial charge in [0.25, 0.3) is 5.91 Å². The highest BCUT2D eigenvalue weighted by atomic mass is 35.5. The minimum absolute atomic E-state index is 0.164. The molecule has 1 fully saturated rings. The summed E-state index contributed by atoms with van der Waals surface area (Å²) in [5.74, 6) is -5.15. The highest BCUT2D eigenvalue weighted by Gasteiger charge is 2.60. The van der Waals surface area contributed by atoms with Crippen molar-refractivity contribution < 1.29 is 29.4 Å². The molecule has 158 valence electrons. The maximum absolute atomic E-state index is 13.5. The van der Waals surface area contributed by atoms with Crippen LogP contribution in [0.5, 0.6) is 0 Å². The number of amides is 2. The highest BCUT2D eigenvalue weighted by Crippen LogP contribution is 2.51. The molecule has 0 saturated carbocycles. The molecule has 0 spiro atoms. The van der Waals surface area contributed by atoms with Crippen LogP contribution in [-0.2, 0) is 14.4 Å². The van der Waals surface area contributed by atoms with Gasteiger partial charge in [0, 0.05) is 21.9 Å². The number of aliphatic carboxylic acids is 2. The summed E-state index contributed by atoms with van der Waals surface area (Å²) in [4.78, 5) is 51.1. The topological polar surface area (TPSA) is 138 Å². The van der Waals surface area contributed by atoms with Crippen molar-refractivity contribution in [3.8, 4) is 0 Å². The fraction of sp³-hybridized carbons (Fsp3) is 0.300. The van der Waals surface area contributed by atoms with Crippen molar-refractivity contribution in [1.82, 2.24) is 4.90 Å². The van der Waals surface area contributed by atoms with Crippen LogP contribution in [0.3, 0.4) is 0 Å². The number of benzene rings is 1. The van der Waals surface area contributed by atoms with Crippen LogP contribution in [0.25, 0.3) is 0 Å². The summed E-state index contributed by atoms with van der Waals surface area (Å²) in [6, 6.07) is 8.25. The normalized spacial score (nSPS) is 23.3. The Morgan fingerprint density at radius 2 is 1.83 bits per heavy atom. The number of carboxylic acid groups (broad SMARTS) is 2. The van der Waals surface area contributed by atoms with Gasteiger partial charge in [-0.15, -0.1) is 11.3 Å². The third-order valence-corrected chi connectivity index (χ3v) is 6.52. The second kappa shape index (κ2) is 8.45. The first kappa shape index (κ1) is 21.8. The second-order valence-corrected chi connectivity index (χ2v) is 8.51. The van der Waals surface area contributed by atoms with Gasteiger partial charge in [-0.05, 0) is 48.6 Å². The molecule has 0 radical (unpaired) electrons.